The molecule has 122 valence electrons. The van der Waals surface area contributed by atoms with Crippen molar-refractivity contribution in [3.63, 3.8) is 0 Å². The zero-order valence-electron chi connectivity index (χ0n) is 14.0. The summed E-state index contributed by atoms with van der Waals surface area (Å²) in [5, 5.41) is 3.37. The smallest absolute Gasteiger partial charge is 0.188 e. The van der Waals surface area contributed by atoms with E-state index >= 15 is 0 Å². The van der Waals surface area contributed by atoms with E-state index in [9.17, 15) is 0 Å². The van der Waals surface area contributed by atoms with Crippen LogP contribution in [0.2, 0.25) is 0 Å². The standard InChI is InChI=1S/C18H30N4/c1-15(22(2)14-16-9-5-3-6-10-16)13-20-18(19)21-17-11-7-4-8-12-17/h3,5-6,9-10,15,17H,4,7-8,11-14H2,1-2H3,(H3,19,20,21). The molecular weight excluding hydrogens is 272 g/mol. The topological polar surface area (TPSA) is 53.6 Å². The number of nitrogens with two attached hydrogens (primary N) is 1. The lowest BCUT2D eigenvalue weighted by Crippen LogP contribution is -2.42. The van der Waals surface area contributed by atoms with Crippen LogP contribution in [0.4, 0.5) is 0 Å². The molecule has 0 spiro atoms. The molecule has 3 N–H and O–H groups in total. The Balaban J connectivity index is 1.75. The van der Waals surface area contributed by atoms with Gasteiger partial charge in [0.1, 0.15) is 0 Å². The number of likely N-dealkylation sites (N-methyl/N-ethyl adjacent to an activating group) is 1. The van der Waals surface area contributed by atoms with Crippen LogP contribution in [0.3, 0.4) is 0 Å². The molecule has 0 aromatic heterocycles. The Labute approximate surface area is 134 Å². The lowest BCUT2D eigenvalue weighted by Gasteiger charge is -2.25. The predicted molar refractivity (Wildman–Crippen MR) is 93.9 cm³/mol. The first-order chi connectivity index (χ1) is 10.6. The summed E-state index contributed by atoms with van der Waals surface area (Å²) in [5.41, 5.74) is 7.35. The van der Waals surface area contributed by atoms with Crippen molar-refractivity contribution < 1.29 is 0 Å². The third-order valence-corrected chi connectivity index (χ3v) is 4.51. The highest BCUT2D eigenvalue weighted by atomic mass is 15.2. The van der Waals surface area contributed by atoms with Gasteiger partial charge in [0.25, 0.3) is 0 Å². The van der Waals surface area contributed by atoms with Crippen molar-refractivity contribution >= 4 is 5.96 Å². The number of aliphatic imine (C=N–C) groups is 1. The molecule has 2 rings (SSSR count). The Morgan fingerprint density at radius 3 is 2.64 bits per heavy atom. The molecule has 0 amide bonds. The first-order valence-corrected chi connectivity index (χ1v) is 8.46. The number of hydrogen-bond acceptors (Lipinski definition) is 2. The van der Waals surface area contributed by atoms with Crippen molar-refractivity contribution in [1.82, 2.24) is 10.2 Å². The summed E-state index contributed by atoms with van der Waals surface area (Å²) in [6, 6.07) is 11.4. The summed E-state index contributed by atoms with van der Waals surface area (Å²) in [5.74, 6) is 0.604. The number of nitrogens with zero attached hydrogens (tertiary/aromatic N) is 2. The summed E-state index contributed by atoms with van der Waals surface area (Å²) in [6.07, 6.45) is 6.41. The molecule has 0 saturated heterocycles. The number of guanidine groups is 1. The minimum atomic E-state index is 0.368. The van der Waals surface area contributed by atoms with Crippen LogP contribution in [-0.2, 0) is 6.54 Å². The molecule has 1 aromatic rings. The maximum atomic E-state index is 6.03. The quantitative estimate of drug-likeness (QED) is 0.627. The highest BCUT2D eigenvalue weighted by molar-refractivity contribution is 5.78. The summed E-state index contributed by atoms with van der Waals surface area (Å²) < 4.78 is 0. The van der Waals surface area contributed by atoms with E-state index in [-0.39, 0.29) is 0 Å². The van der Waals surface area contributed by atoms with E-state index in [1.54, 1.807) is 0 Å². The largest absolute Gasteiger partial charge is 0.370 e. The van der Waals surface area contributed by atoms with Crippen molar-refractivity contribution in [3.8, 4) is 0 Å². The van der Waals surface area contributed by atoms with Crippen LogP contribution >= 0.6 is 0 Å². The minimum absolute atomic E-state index is 0.368. The van der Waals surface area contributed by atoms with E-state index in [1.165, 1.54) is 37.7 Å². The predicted octanol–water partition coefficient (Wildman–Crippen LogP) is 2.74. The van der Waals surface area contributed by atoms with E-state index < -0.39 is 0 Å². The van der Waals surface area contributed by atoms with Crippen molar-refractivity contribution in [2.24, 2.45) is 10.7 Å². The van der Waals surface area contributed by atoms with Gasteiger partial charge in [-0.15, -0.1) is 0 Å². The highest BCUT2D eigenvalue weighted by Crippen LogP contribution is 2.17. The summed E-state index contributed by atoms with van der Waals surface area (Å²) in [6.45, 7) is 3.86. The first-order valence-electron chi connectivity index (χ1n) is 8.46. The summed E-state index contributed by atoms with van der Waals surface area (Å²) >= 11 is 0. The molecule has 1 unspecified atom stereocenters. The average Bonchev–Trinajstić information content (AvgIpc) is 2.54. The monoisotopic (exact) mass is 302 g/mol. The zero-order valence-corrected chi connectivity index (χ0v) is 14.0. The van der Waals surface area contributed by atoms with Gasteiger partial charge in [-0.1, -0.05) is 49.6 Å². The van der Waals surface area contributed by atoms with Gasteiger partial charge in [0.15, 0.2) is 5.96 Å². The van der Waals surface area contributed by atoms with Crippen LogP contribution in [0.1, 0.15) is 44.6 Å². The van der Waals surface area contributed by atoms with Crippen LogP contribution in [0.25, 0.3) is 0 Å². The number of rotatable bonds is 6. The van der Waals surface area contributed by atoms with Gasteiger partial charge in [-0.2, -0.15) is 0 Å². The second-order valence-electron chi connectivity index (χ2n) is 6.45. The molecule has 22 heavy (non-hydrogen) atoms. The Hall–Kier alpha value is -1.55. The second-order valence-corrected chi connectivity index (χ2v) is 6.45. The number of hydrogen-bond donors (Lipinski definition) is 2. The van der Waals surface area contributed by atoms with Crippen LogP contribution < -0.4 is 11.1 Å². The van der Waals surface area contributed by atoms with Crippen molar-refractivity contribution in [2.45, 2.75) is 57.7 Å². The molecule has 1 atom stereocenters. The molecule has 0 bridgehead atoms. The van der Waals surface area contributed by atoms with Gasteiger partial charge < -0.3 is 11.1 Å². The van der Waals surface area contributed by atoms with Gasteiger partial charge in [0.2, 0.25) is 0 Å². The molecule has 4 nitrogen and oxygen atoms in total. The molecule has 4 heteroatoms. The van der Waals surface area contributed by atoms with Gasteiger partial charge in [-0.3, -0.25) is 9.89 Å². The van der Waals surface area contributed by atoms with E-state index in [4.69, 9.17) is 5.73 Å². The van der Waals surface area contributed by atoms with Gasteiger partial charge in [0, 0.05) is 18.6 Å². The van der Waals surface area contributed by atoms with Crippen LogP contribution in [0, 0.1) is 0 Å². The molecular formula is C18H30N4. The van der Waals surface area contributed by atoms with Crippen molar-refractivity contribution in [2.75, 3.05) is 13.6 Å². The lowest BCUT2D eigenvalue weighted by atomic mass is 9.96. The zero-order chi connectivity index (χ0) is 15.8. The summed E-state index contributed by atoms with van der Waals surface area (Å²) in [4.78, 5) is 6.83. The lowest BCUT2D eigenvalue weighted by molar-refractivity contribution is 0.255. The number of nitrogens with one attached hydrogen (secondary N) is 1. The molecule has 1 aliphatic rings. The van der Waals surface area contributed by atoms with Crippen LogP contribution in [0.15, 0.2) is 35.3 Å². The third-order valence-electron chi connectivity index (χ3n) is 4.51. The fourth-order valence-corrected chi connectivity index (χ4v) is 2.90. The van der Waals surface area contributed by atoms with Gasteiger partial charge in [-0.05, 0) is 32.4 Å². The molecule has 0 radical (unpaired) electrons. The Kier molecular flexibility index (Phi) is 6.72. The maximum Gasteiger partial charge on any atom is 0.188 e. The van der Waals surface area contributed by atoms with E-state index in [2.05, 4.69) is 59.5 Å². The fourth-order valence-electron chi connectivity index (χ4n) is 2.90. The summed E-state index contributed by atoms with van der Waals surface area (Å²) in [7, 11) is 2.14. The molecule has 0 aliphatic heterocycles. The fraction of sp³-hybridized carbons (Fsp3) is 0.611. The minimum Gasteiger partial charge on any atom is -0.370 e. The maximum absolute atomic E-state index is 6.03. The van der Waals surface area contributed by atoms with Gasteiger partial charge >= 0.3 is 0 Å². The highest BCUT2D eigenvalue weighted by Gasteiger charge is 2.14. The van der Waals surface area contributed by atoms with E-state index in [0.717, 1.165) is 13.1 Å². The Bertz CT molecular complexity index is 451. The molecule has 1 fully saturated rings. The average molecular weight is 302 g/mol. The SMILES string of the molecule is CC(CN=C(N)NC1CCCCC1)N(C)Cc1ccccc1. The second kappa shape index (κ2) is 8.79. The number of benzene rings is 1. The Morgan fingerprint density at radius 1 is 1.27 bits per heavy atom. The normalized spacial score (nSPS) is 18.4. The van der Waals surface area contributed by atoms with Crippen molar-refractivity contribution in [1.29, 1.82) is 0 Å². The Morgan fingerprint density at radius 2 is 1.95 bits per heavy atom. The molecule has 1 aliphatic carbocycles. The van der Waals surface area contributed by atoms with E-state index in [1.807, 2.05) is 0 Å². The van der Waals surface area contributed by atoms with Crippen LogP contribution in [-0.4, -0.2) is 36.5 Å². The van der Waals surface area contributed by atoms with E-state index in [0.29, 0.717) is 18.0 Å². The molecule has 1 aromatic carbocycles. The van der Waals surface area contributed by atoms with Crippen molar-refractivity contribution in [3.05, 3.63) is 35.9 Å². The van der Waals surface area contributed by atoms with Gasteiger partial charge in [0.05, 0.1) is 6.54 Å². The third kappa shape index (κ3) is 5.68. The van der Waals surface area contributed by atoms with Gasteiger partial charge in [-0.25, -0.2) is 0 Å². The molecule has 1 saturated carbocycles. The first kappa shape index (κ1) is 16.8. The molecule has 0 heterocycles. The van der Waals surface area contributed by atoms with Crippen LogP contribution in [0.5, 0.6) is 0 Å².